The maximum atomic E-state index is 5.29. The van der Waals surface area contributed by atoms with Crippen molar-refractivity contribution >= 4 is 60.9 Å². The van der Waals surface area contributed by atoms with Gasteiger partial charge in [-0.3, -0.25) is 0 Å². The molecule has 0 bridgehead atoms. The summed E-state index contributed by atoms with van der Waals surface area (Å²) in [6.07, 6.45) is 0. The molecule has 0 aromatic carbocycles. The van der Waals surface area contributed by atoms with Crippen molar-refractivity contribution < 1.29 is 0 Å². The van der Waals surface area contributed by atoms with Crippen LogP contribution in [0.3, 0.4) is 0 Å². The standard InChI is InChI=1S/Cl4Se2/c1-5(2)6(3)4. The van der Waals surface area contributed by atoms with Crippen LogP contribution in [0.5, 0.6) is 0 Å². The molecule has 6 heteroatoms. The molecule has 0 saturated heterocycles. The summed E-state index contributed by atoms with van der Waals surface area (Å²) < 4.78 is 0. The fourth-order valence-electron chi connectivity index (χ4n) is 0. The van der Waals surface area contributed by atoms with Gasteiger partial charge in [-0.1, -0.05) is 0 Å². The molecule has 0 saturated carbocycles. The molecular weight excluding hydrogens is 300 g/mol. The summed E-state index contributed by atoms with van der Waals surface area (Å²) in [7, 11) is 18.1. The molecular formula is Cl4Se2. The van der Waals surface area contributed by atoms with E-state index in [0.29, 0.717) is 0 Å². The molecule has 0 aromatic heterocycles. The van der Waals surface area contributed by atoms with Crippen LogP contribution in [0.2, 0.25) is 0 Å². The van der Waals surface area contributed by atoms with Crippen LogP contribution in [0.1, 0.15) is 0 Å². The molecule has 0 rings (SSSR count). The summed E-state index contributed by atoms with van der Waals surface area (Å²) >= 11 is 0. The molecule has 0 nitrogen and oxygen atoms in total. The fraction of sp³-hybridized carbons (Fsp3) is 0. The number of hydrogen-bond donors (Lipinski definition) is 0. The van der Waals surface area contributed by atoms with E-state index in [0.717, 1.165) is 0 Å². The van der Waals surface area contributed by atoms with Gasteiger partial charge in [0, 0.05) is 0 Å². The van der Waals surface area contributed by atoms with E-state index in [1.54, 1.807) is 0 Å². The van der Waals surface area contributed by atoms with Gasteiger partial charge in [-0.25, -0.2) is 0 Å². The Balaban J connectivity index is 2.99. The van der Waals surface area contributed by atoms with Gasteiger partial charge in [0.15, 0.2) is 0 Å². The zero-order valence-electron chi connectivity index (χ0n) is 2.33. The summed E-state index contributed by atoms with van der Waals surface area (Å²) in [5.74, 6) is 0. The van der Waals surface area contributed by atoms with Gasteiger partial charge in [0.05, 0.1) is 0 Å². The van der Waals surface area contributed by atoms with E-state index in [1.807, 2.05) is 0 Å². The van der Waals surface area contributed by atoms with Crippen LogP contribution in [0, 0.1) is 0 Å². The second-order valence-electron chi connectivity index (χ2n) is 0.369. The Morgan fingerprint density at radius 1 is 0.667 bits per heavy atom. The predicted molar refractivity (Wildman–Crippen MR) is 34.9 cm³/mol. The van der Waals surface area contributed by atoms with Gasteiger partial charge in [-0.2, -0.15) is 0 Å². The first-order valence-corrected chi connectivity index (χ1v) is 14.1. The summed E-state index contributed by atoms with van der Waals surface area (Å²) in [5, 5.41) is 0. The average Bonchev–Trinajstić information content (AvgIpc) is 1.36. The Kier molecular flexibility index (Phi) is 5.62. The van der Waals surface area contributed by atoms with E-state index in [2.05, 4.69) is 0 Å². The molecule has 0 unspecified atom stereocenters. The monoisotopic (exact) mass is 300 g/mol. The van der Waals surface area contributed by atoms with Crippen LogP contribution >= 0.6 is 40.4 Å². The van der Waals surface area contributed by atoms with Crippen LogP contribution in [0.15, 0.2) is 0 Å². The molecule has 0 N–H and O–H groups in total. The van der Waals surface area contributed by atoms with Crippen molar-refractivity contribution in [3.05, 3.63) is 0 Å². The zero-order chi connectivity index (χ0) is 5.15. The molecule has 0 atom stereocenters. The Morgan fingerprint density at radius 2 is 0.833 bits per heavy atom. The molecule has 0 spiro atoms. The van der Waals surface area contributed by atoms with Crippen LogP contribution in [-0.4, -0.2) is 20.5 Å². The topological polar surface area (TPSA) is 0 Å². The van der Waals surface area contributed by atoms with Crippen molar-refractivity contribution in [3.63, 3.8) is 0 Å². The van der Waals surface area contributed by atoms with Gasteiger partial charge < -0.3 is 0 Å². The Labute approximate surface area is 60.3 Å². The average molecular weight is 300 g/mol. The molecule has 0 aliphatic rings. The fourth-order valence-corrected chi connectivity index (χ4v) is 0. The van der Waals surface area contributed by atoms with Crippen LogP contribution < -0.4 is 0 Å². The molecule has 0 heterocycles. The number of halogens is 4. The molecule has 0 aliphatic heterocycles. The van der Waals surface area contributed by atoms with E-state index in [4.69, 9.17) is 40.4 Å². The third-order valence-electron chi connectivity index (χ3n) is 0.0952. The first-order chi connectivity index (χ1) is 2.64. The minimum absolute atomic E-state index is 1.53. The van der Waals surface area contributed by atoms with Crippen LogP contribution in [-0.2, 0) is 0 Å². The van der Waals surface area contributed by atoms with Gasteiger partial charge in [-0.05, 0) is 0 Å². The third-order valence-corrected chi connectivity index (χ3v) is 23.1. The molecule has 0 aromatic rings. The molecule has 2 radical (unpaired) electrons. The predicted octanol–water partition coefficient (Wildman–Crippen LogP) is 2.00. The summed E-state index contributed by atoms with van der Waals surface area (Å²) in [6, 6.07) is 0. The molecule has 0 fully saturated rings. The number of hydrogen-bond acceptors (Lipinski definition) is 0. The Bertz CT molecular complexity index is 26.5. The minimum atomic E-state index is -1.53. The quantitative estimate of drug-likeness (QED) is 0.650. The number of rotatable bonds is 1. The Morgan fingerprint density at radius 3 is 0.833 bits per heavy atom. The van der Waals surface area contributed by atoms with E-state index >= 15 is 0 Å². The van der Waals surface area contributed by atoms with Crippen molar-refractivity contribution in [2.75, 3.05) is 0 Å². The van der Waals surface area contributed by atoms with E-state index in [9.17, 15) is 0 Å². The molecule has 40 valence electrons. The van der Waals surface area contributed by atoms with E-state index in [-0.39, 0.29) is 0 Å². The van der Waals surface area contributed by atoms with Gasteiger partial charge in [0.1, 0.15) is 0 Å². The first-order valence-electron chi connectivity index (χ1n) is 0.784. The summed E-state index contributed by atoms with van der Waals surface area (Å²) in [5.41, 5.74) is 0. The van der Waals surface area contributed by atoms with Crippen molar-refractivity contribution in [1.82, 2.24) is 0 Å². The van der Waals surface area contributed by atoms with E-state index < -0.39 is 20.5 Å². The van der Waals surface area contributed by atoms with Gasteiger partial charge in [0.25, 0.3) is 0 Å². The van der Waals surface area contributed by atoms with Crippen LogP contribution in [0.25, 0.3) is 0 Å². The second kappa shape index (κ2) is 4.12. The van der Waals surface area contributed by atoms with Crippen molar-refractivity contribution in [2.45, 2.75) is 0 Å². The second-order valence-corrected chi connectivity index (χ2v) is 25.9. The molecule has 0 aliphatic carbocycles. The summed E-state index contributed by atoms with van der Waals surface area (Å²) in [6.45, 7) is 0. The Hall–Kier alpha value is 2.20. The molecule has 0 amide bonds. The van der Waals surface area contributed by atoms with Crippen molar-refractivity contribution in [3.8, 4) is 0 Å². The van der Waals surface area contributed by atoms with Gasteiger partial charge in [0.2, 0.25) is 0 Å². The van der Waals surface area contributed by atoms with Crippen molar-refractivity contribution in [2.24, 2.45) is 0 Å². The van der Waals surface area contributed by atoms with Gasteiger partial charge in [-0.15, -0.1) is 0 Å². The summed E-state index contributed by atoms with van der Waals surface area (Å²) in [4.78, 5) is 0. The molecule has 6 heavy (non-hydrogen) atoms. The van der Waals surface area contributed by atoms with Crippen LogP contribution in [0.4, 0.5) is 0 Å². The van der Waals surface area contributed by atoms with E-state index in [1.165, 1.54) is 0 Å². The zero-order valence-corrected chi connectivity index (χ0v) is 8.78. The van der Waals surface area contributed by atoms with Gasteiger partial charge >= 0.3 is 60.9 Å². The normalized spacial score (nSPS) is 11.0. The SMILES string of the molecule is Cl[Se](Cl)[Se](Cl)Cl. The third kappa shape index (κ3) is 4.36. The maximum absolute atomic E-state index is 5.29. The van der Waals surface area contributed by atoms with Crippen molar-refractivity contribution in [1.29, 1.82) is 0 Å². The first kappa shape index (κ1) is 8.20.